The lowest BCUT2D eigenvalue weighted by Gasteiger charge is -2.17. The Bertz CT molecular complexity index is 533. The van der Waals surface area contributed by atoms with Gasteiger partial charge in [-0.15, -0.1) is 0 Å². The molecule has 0 spiro atoms. The fraction of sp³-hybridized carbons (Fsp3) is 0.538. The van der Waals surface area contributed by atoms with E-state index >= 15 is 0 Å². The van der Waals surface area contributed by atoms with E-state index in [2.05, 4.69) is 36.2 Å². The third-order valence-corrected chi connectivity index (χ3v) is 3.65. The smallest absolute Gasteiger partial charge is 0.183 e. The van der Waals surface area contributed by atoms with Gasteiger partial charge < -0.3 is 5.32 Å². The first-order valence-corrected chi connectivity index (χ1v) is 6.88. The topological polar surface area (TPSA) is 42.7 Å². The van der Waals surface area contributed by atoms with E-state index in [-0.39, 0.29) is 5.41 Å². The molecule has 2 rings (SSSR count). The molecule has 0 aliphatic rings. The summed E-state index contributed by atoms with van der Waals surface area (Å²) in [5.74, 6) is 0. The minimum absolute atomic E-state index is 0.255. The maximum Gasteiger partial charge on any atom is 0.183 e. The second-order valence-corrected chi connectivity index (χ2v) is 6.72. The Kier molecular flexibility index (Phi) is 3.43. The zero-order chi connectivity index (χ0) is 13.3. The van der Waals surface area contributed by atoms with Gasteiger partial charge in [-0.2, -0.15) is 5.10 Å². The second-order valence-electron chi connectivity index (χ2n) is 5.72. The van der Waals surface area contributed by atoms with E-state index in [1.807, 2.05) is 30.9 Å². The number of anilines is 1. The van der Waals surface area contributed by atoms with Crippen molar-refractivity contribution in [1.29, 1.82) is 0 Å². The minimum Gasteiger partial charge on any atom is -0.361 e. The van der Waals surface area contributed by atoms with E-state index in [4.69, 9.17) is 0 Å². The van der Waals surface area contributed by atoms with Gasteiger partial charge in [-0.3, -0.25) is 4.68 Å². The number of hydrogen-bond donors (Lipinski definition) is 1. The summed E-state index contributed by atoms with van der Waals surface area (Å²) in [7, 11) is 1.93. The summed E-state index contributed by atoms with van der Waals surface area (Å²) in [5.41, 5.74) is 2.29. The Morgan fingerprint density at radius 3 is 2.67 bits per heavy atom. The maximum atomic E-state index is 4.56. The largest absolute Gasteiger partial charge is 0.361 e. The first-order valence-electron chi connectivity index (χ1n) is 6.06. The highest BCUT2D eigenvalue weighted by Gasteiger charge is 2.14. The molecule has 4 nitrogen and oxygen atoms in total. The van der Waals surface area contributed by atoms with E-state index in [0.29, 0.717) is 0 Å². The molecule has 2 aromatic heterocycles. The summed E-state index contributed by atoms with van der Waals surface area (Å²) >= 11 is 1.67. The molecule has 1 N–H and O–H groups in total. The molecule has 0 bridgehead atoms. The average molecular weight is 264 g/mol. The van der Waals surface area contributed by atoms with Crippen LogP contribution in [0.1, 0.15) is 26.5 Å². The number of nitrogens with zero attached hydrogens (tertiary/aromatic N) is 3. The van der Waals surface area contributed by atoms with Crippen molar-refractivity contribution in [3.63, 3.8) is 0 Å². The molecule has 0 aliphatic carbocycles. The normalized spacial score (nSPS) is 11.8. The molecule has 0 fully saturated rings. The number of thiazole rings is 1. The summed E-state index contributed by atoms with van der Waals surface area (Å²) in [6, 6.07) is 2.02. The maximum absolute atomic E-state index is 4.56. The molecule has 5 heteroatoms. The van der Waals surface area contributed by atoms with Crippen LogP contribution in [-0.2, 0) is 7.05 Å². The van der Waals surface area contributed by atoms with Crippen LogP contribution in [0.2, 0.25) is 0 Å². The van der Waals surface area contributed by atoms with Gasteiger partial charge in [0.05, 0.1) is 10.6 Å². The number of nitrogens with one attached hydrogen (secondary N) is 1. The molecular formula is C13H20N4S. The van der Waals surface area contributed by atoms with Gasteiger partial charge in [-0.1, -0.05) is 32.1 Å². The summed E-state index contributed by atoms with van der Waals surface area (Å²) < 4.78 is 1.82. The number of rotatable bonds is 3. The molecule has 0 atom stereocenters. The highest BCUT2D eigenvalue weighted by Crippen LogP contribution is 2.31. The molecule has 18 heavy (non-hydrogen) atoms. The standard InChI is InChI=1S/C13H20N4S/c1-9-11(10-6-7-17(5)16-10)18-12(15-9)14-8-13(2,3)4/h6-7H,8H2,1-5H3,(H,14,15). The van der Waals surface area contributed by atoms with Crippen LogP contribution in [0.15, 0.2) is 12.3 Å². The first kappa shape index (κ1) is 13.1. The molecule has 2 heterocycles. The van der Waals surface area contributed by atoms with E-state index in [9.17, 15) is 0 Å². The number of aryl methyl sites for hydroxylation is 2. The van der Waals surface area contributed by atoms with Gasteiger partial charge in [0.15, 0.2) is 5.13 Å². The van der Waals surface area contributed by atoms with Gasteiger partial charge in [0.25, 0.3) is 0 Å². The van der Waals surface area contributed by atoms with Crippen LogP contribution in [0.5, 0.6) is 0 Å². The summed E-state index contributed by atoms with van der Waals surface area (Å²) in [5, 5.41) is 8.79. The van der Waals surface area contributed by atoms with Crippen LogP contribution in [0.25, 0.3) is 10.6 Å². The fourth-order valence-electron chi connectivity index (χ4n) is 1.59. The van der Waals surface area contributed by atoms with E-state index < -0.39 is 0 Å². The van der Waals surface area contributed by atoms with Crippen molar-refractivity contribution in [2.75, 3.05) is 11.9 Å². The molecule has 0 saturated carbocycles. The molecule has 0 aromatic carbocycles. The second kappa shape index (κ2) is 4.72. The summed E-state index contributed by atoms with van der Waals surface area (Å²) in [6.45, 7) is 9.57. The van der Waals surface area contributed by atoms with E-state index in [1.54, 1.807) is 11.3 Å². The third kappa shape index (κ3) is 3.10. The van der Waals surface area contributed by atoms with Gasteiger partial charge in [-0.05, 0) is 18.4 Å². The Balaban J connectivity index is 2.17. The van der Waals surface area contributed by atoms with Gasteiger partial charge in [0.2, 0.25) is 0 Å². The molecule has 0 unspecified atom stereocenters. The molecule has 0 aliphatic heterocycles. The predicted molar refractivity (Wildman–Crippen MR) is 77.0 cm³/mol. The van der Waals surface area contributed by atoms with E-state index in [0.717, 1.165) is 27.9 Å². The van der Waals surface area contributed by atoms with Crippen molar-refractivity contribution in [3.05, 3.63) is 18.0 Å². The highest BCUT2D eigenvalue weighted by atomic mass is 32.1. The van der Waals surface area contributed by atoms with Crippen LogP contribution in [0.3, 0.4) is 0 Å². The summed E-state index contributed by atoms with van der Waals surface area (Å²) in [4.78, 5) is 5.70. The summed E-state index contributed by atoms with van der Waals surface area (Å²) in [6.07, 6.45) is 1.96. The predicted octanol–water partition coefficient (Wildman–Crippen LogP) is 3.31. The lowest BCUT2D eigenvalue weighted by atomic mass is 9.97. The van der Waals surface area contributed by atoms with Crippen molar-refractivity contribution in [2.45, 2.75) is 27.7 Å². The Labute approximate surface area is 112 Å². The zero-order valence-electron chi connectivity index (χ0n) is 11.6. The van der Waals surface area contributed by atoms with Crippen molar-refractivity contribution >= 4 is 16.5 Å². The Hall–Kier alpha value is -1.36. The SMILES string of the molecule is Cc1nc(NCC(C)(C)C)sc1-c1ccn(C)n1. The van der Waals surface area contributed by atoms with Gasteiger partial charge >= 0.3 is 0 Å². The van der Waals surface area contributed by atoms with Crippen molar-refractivity contribution in [1.82, 2.24) is 14.8 Å². The molecular weight excluding hydrogens is 244 g/mol. The van der Waals surface area contributed by atoms with Crippen LogP contribution in [-0.4, -0.2) is 21.3 Å². The quantitative estimate of drug-likeness (QED) is 0.925. The van der Waals surface area contributed by atoms with Crippen molar-refractivity contribution in [2.24, 2.45) is 12.5 Å². The lowest BCUT2D eigenvalue weighted by Crippen LogP contribution is -2.18. The average Bonchev–Trinajstić information content (AvgIpc) is 2.81. The van der Waals surface area contributed by atoms with Gasteiger partial charge in [-0.25, -0.2) is 4.98 Å². The van der Waals surface area contributed by atoms with Crippen LogP contribution >= 0.6 is 11.3 Å². The number of hydrogen-bond acceptors (Lipinski definition) is 4. The molecule has 98 valence electrons. The third-order valence-electron chi connectivity index (χ3n) is 2.51. The Morgan fingerprint density at radius 2 is 2.11 bits per heavy atom. The van der Waals surface area contributed by atoms with Crippen LogP contribution in [0, 0.1) is 12.3 Å². The first-order chi connectivity index (χ1) is 8.35. The van der Waals surface area contributed by atoms with Crippen molar-refractivity contribution in [3.8, 4) is 10.6 Å². The van der Waals surface area contributed by atoms with Gasteiger partial charge in [0.1, 0.15) is 5.69 Å². The molecule has 0 amide bonds. The Morgan fingerprint density at radius 1 is 1.39 bits per heavy atom. The molecule has 0 radical (unpaired) electrons. The minimum atomic E-state index is 0.255. The van der Waals surface area contributed by atoms with E-state index in [1.165, 1.54) is 0 Å². The van der Waals surface area contributed by atoms with Crippen molar-refractivity contribution < 1.29 is 0 Å². The van der Waals surface area contributed by atoms with Crippen LogP contribution < -0.4 is 5.32 Å². The lowest BCUT2D eigenvalue weighted by molar-refractivity contribution is 0.443. The molecule has 0 saturated heterocycles. The monoisotopic (exact) mass is 264 g/mol. The van der Waals surface area contributed by atoms with Gasteiger partial charge in [0, 0.05) is 19.8 Å². The highest BCUT2D eigenvalue weighted by molar-refractivity contribution is 7.19. The van der Waals surface area contributed by atoms with Crippen LogP contribution in [0.4, 0.5) is 5.13 Å². The molecule has 2 aromatic rings. The number of aromatic nitrogens is 3. The zero-order valence-corrected chi connectivity index (χ0v) is 12.4. The fourth-order valence-corrected chi connectivity index (χ4v) is 2.51.